The number of fused-ring (bicyclic) bond motifs is 1. The van der Waals surface area contributed by atoms with Crippen molar-refractivity contribution in [2.75, 3.05) is 5.32 Å². The van der Waals surface area contributed by atoms with Crippen LogP contribution in [0.25, 0.3) is 11.0 Å². The fraction of sp³-hybridized carbons (Fsp3) is 0.0667. The van der Waals surface area contributed by atoms with Gasteiger partial charge in [0.1, 0.15) is 5.75 Å². The number of nitrogens with zero attached hydrogens (tertiary/aromatic N) is 2. The molecule has 5 heteroatoms. The zero-order chi connectivity index (χ0) is 13.9. The van der Waals surface area contributed by atoms with E-state index in [0.29, 0.717) is 11.0 Å². The topological polar surface area (TPSA) is 58.0 Å². The number of nitrogens with one attached hydrogen (secondary N) is 1. The second kappa shape index (κ2) is 5.46. The molecular formula is C15H12BrN3O. The third-order valence-corrected chi connectivity index (χ3v) is 3.61. The van der Waals surface area contributed by atoms with E-state index in [1.54, 1.807) is 18.5 Å². The molecule has 0 unspecified atom stereocenters. The Bertz CT molecular complexity index is 761. The number of benzene rings is 2. The minimum atomic E-state index is 0.245. The second-order valence-electron chi connectivity index (χ2n) is 4.40. The number of phenolic OH excluding ortho intramolecular Hbond substituents is 1. The summed E-state index contributed by atoms with van der Waals surface area (Å²) >= 11 is 3.31. The summed E-state index contributed by atoms with van der Waals surface area (Å²) in [7, 11) is 0. The molecule has 2 aromatic carbocycles. The summed E-state index contributed by atoms with van der Waals surface area (Å²) in [5.41, 5.74) is 3.81. The van der Waals surface area contributed by atoms with Gasteiger partial charge in [0, 0.05) is 24.6 Å². The van der Waals surface area contributed by atoms with Crippen LogP contribution in [-0.2, 0) is 6.54 Å². The molecule has 0 aliphatic heterocycles. The molecule has 2 N–H and O–H groups in total. The first-order valence-corrected chi connectivity index (χ1v) is 6.94. The van der Waals surface area contributed by atoms with Crippen molar-refractivity contribution in [3.63, 3.8) is 0 Å². The fourth-order valence-electron chi connectivity index (χ4n) is 1.94. The van der Waals surface area contributed by atoms with E-state index in [0.717, 1.165) is 22.3 Å². The molecule has 100 valence electrons. The summed E-state index contributed by atoms with van der Waals surface area (Å²) in [6.07, 6.45) is 3.37. The van der Waals surface area contributed by atoms with Gasteiger partial charge in [-0.05, 0) is 51.8 Å². The Balaban J connectivity index is 1.77. The number of aromatic hydroxyl groups is 1. The highest BCUT2D eigenvalue weighted by Gasteiger charge is 2.01. The smallest absolute Gasteiger partial charge is 0.129 e. The van der Waals surface area contributed by atoms with Crippen molar-refractivity contribution >= 4 is 32.7 Å². The Hall–Kier alpha value is -2.14. The van der Waals surface area contributed by atoms with E-state index in [4.69, 9.17) is 0 Å². The van der Waals surface area contributed by atoms with Crippen LogP contribution in [0.1, 0.15) is 5.56 Å². The van der Waals surface area contributed by atoms with Crippen LogP contribution in [0.4, 0.5) is 5.69 Å². The third-order valence-electron chi connectivity index (χ3n) is 2.98. The first kappa shape index (κ1) is 12.9. The van der Waals surface area contributed by atoms with Crippen LogP contribution in [-0.4, -0.2) is 15.1 Å². The maximum absolute atomic E-state index is 9.46. The molecule has 0 aliphatic rings. The molecule has 4 nitrogen and oxygen atoms in total. The second-order valence-corrected chi connectivity index (χ2v) is 5.25. The van der Waals surface area contributed by atoms with Gasteiger partial charge in [-0.3, -0.25) is 9.97 Å². The van der Waals surface area contributed by atoms with Crippen molar-refractivity contribution in [3.8, 4) is 5.75 Å². The van der Waals surface area contributed by atoms with E-state index in [1.807, 2.05) is 30.3 Å². The van der Waals surface area contributed by atoms with Gasteiger partial charge in [0.15, 0.2) is 0 Å². The summed E-state index contributed by atoms with van der Waals surface area (Å²) in [4.78, 5) is 8.52. The quantitative estimate of drug-likeness (QED) is 0.769. The lowest BCUT2D eigenvalue weighted by Gasteiger charge is -2.08. The van der Waals surface area contributed by atoms with Crippen molar-refractivity contribution < 1.29 is 5.11 Å². The molecule has 3 aromatic rings. The number of hydrogen-bond acceptors (Lipinski definition) is 4. The van der Waals surface area contributed by atoms with Crippen molar-refractivity contribution in [1.29, 1.82) is 0 Å². The van der Waals surface area contributed by atoms with E-state index in [9.17, 15) is 5.11 Å². The number of rotatable bonds is 3. The van der Waals surface area contributed by atoms with E-state index in [-0.39, 0.29) is 5.75 Å². The van der Waals surface area contributed by atoms with Gasteiger partial charge in [0.25, 0.3) is 0 Å². The molecule has 0 bridgehead atoms. The highest BCUT2D eigenvalue weighted by molar-refractivity contribution is 9.10. The van der Waals surface area contributed by atoms with E-state index < -0.39 is 0 Å². The average Bonchev–Trinajstić information content (AvgIpc) is 2.48. The lowest BCUT2D eigenvalue weighted by atomic mass is 10.2. The highest BCUT2D eigenvalue weighted by atomic mass is 79.9. The maximum atomic E-state index is 9.46. The van der Waals surface area contributed by atoms with Crippen molar-refractivity contribution in [1.82, 2.24) is 9.97 Å². The molecule has 0 saturated heterocycles. The van der Waals surface area contributed by atoms with Crippen LogP contribution in [0, 0.1) is 0 Å². The van der Waals surface area contributed by atoms with Gasteiger partial charge < -0.3 is 10.4 Å². The van der Waals surface area contributed by atoms with Gasteiger partial charge in [0.2, 0.25) is 0 Å². The Kier molecular flexibility index (Phi) is 3.52. The lowest BCUT2D eigenvalue weighted by molar-refractivity contribution is 0.471. The number of hydrogen-bond donors (Lipinski definition) is 2. The van der Waals surface area contributed by atoms with E-state index in [2.05, 4.69) is 31.2 Å². The maximum Gasteiger partial charge on any atom is 0.129 e. The molecule has 0 atom stereocenters. The molecule has 0 saturated carbocycles. The van der Waals surface area contributed by atoms with Crippen LogP contribution in [0.15, 0.2) is 53.3 Å². The Morgan fingerprint density at radius 2 is 1.80 bits per heavy atom. The number of halogens is 1. The van der Waals surface area contributed by atoms with Crippen LogP contribution in [0.2, 0.25) is 0 Å². The van der Waals surface area contributed by atoms with Gasteiger partial charge in [-0.25, -0.2) is 0 Å². The SMILES string of the molecule is Oc1ccc(CNc2ccc3nccnc3c2)cc1Br. The van der Waals surface area contributed by atoms with E-state index >= 15 is 0 Å². The number of phenols is 1. The van der Waals surface area contributed by atoms with Gasteiger partial charge in [-0.15, -0.1) is 0 Å². The minimum Gasteiger partial charge on any atom is -0.507 e. The molecule has 0 fully saturated rings. The Morgan fingerprint density at radius 1 is 1.00 bits per heavy atom. The first-order chi connectivity index (χ1) is 9.72. The third kappa shape index (κ3) is 2.72. The van der Waals surface area contributed by atoms with Crippen LogP contribution in [0.3, 0.4) is 0 Å². The zero-order valence-corrected chi connectivity index (χ0v) is 12.1. The molecule has 0 spiro atoms. The predicted molar refractivity (Wildman–Crippen MR) is 82.7 cm³/mol. The van der Waals surface area contributed by atoms with E-state index in [1.165, 1.54) is 0 Å². The molecule has 0 radical (unpaired) electrons. The molecule has 1 aromatic heterocycles. The summed E-state index contributed by atoms with van der Waals surface area (Å²) in [6.45, 7) is 0.671. The molecule has 0 aliphatic carbocycles. The summed E-state index contributed by atoms with van der Waals surface area (Å²) < 4.78 is 0.696. The fourth-order valence-corrected chi connectivity index (χ4v) is 2.36. The minimum absolute atomic E-state index is 0.245. The molecule has 1 heterocycles. The van der Waals surface area contributed by atoms with Gasteiger partial charge in [-0.2, -0.15) is 0 Å². The van der Waals surface area contributed by atoms with Crippen molar-refractivity contribution in [2.45, 2.75) is 6.54 Å². The monoisotopic (exact) mass is 329 g/mol. The van der Waals surface area contributed by atoms with Crippen LogP contribution >= 0.6 is 15.9 Å². The van der Waals surface area contributed by atoms with Crippen LogP contribution < -0.4 is 5.32 Å². The summed E-state index contributed by atoms with van der Waals surface area (Å²) in [6, 6.07) is 11.3. The van der Waals surface area contributed by atoms with Crippen molar-refractivity contribution in [3.05, 3.63) is 58.8 Å². The lowest BCUT2D eigenvalue weighted by Crippen LogP contribution is -1.99. The Morgan fingerprint density at radius 3 is 2.60 bits per heavy atom. The molecule has 20 heavy (non-hydrogen) atoms. The Labute approximate surface area is 124 Å². The molecule has 0 amide bonds. The van der Waals surface area contributed by atoms with Gasteiger partial charge in [-0.1, -0.05) is 6.07 Å². The molecule has 3 rings (SSSR count). The normalized spacial score (nSPS) is 10.7. The number of aromatic nitrogens is 2. The largest absolute Gasteiger partial charge is 0.507 e. The number of anilines is 1. The molecular weight excluding hydrogens is 318 g/mol. The summed E-state index contributed by atoms with van der Waals surface area (Å²) in [5.74, 6) is 0.245. The van der Waals surface area contributed by atoms with Crippen LogP contribution in [0.5, 0.6) is 5.75 Å². The van der Waals surface area contributed by atoms with Crippen molar-refractivity contribution in [2.24, 2.45) is 0 Å². The first-order valence-electron chi connectivity index (χ1n) is 6.14. The highest BCUT2D eigenvalue weighted by Crippen LogP contribution is 2.24. The van der Waals surface area contributed by atoms with Gasteiger partial charge in [0.05, 0.1) is 15.5 Å². The average molecular weight is 330 g/mol. The van der Waals surface area contributed by atoms with Gasteiger partial charge >= 0.3 is 0 Å². The zero-order valence-electron chi connectivity index (χ0n) is 10.5. The summed E-state index contributed by atoms with van der Waals surface area (Å²) in [5, 5.41) is 12.8. The predicted octanol–water partition coefficient (Wildman–Crippen LogP) is 3.71. The standard InChI is InChI=1S/C15H12BrN3O/c16-12-7-10(1-4-15(12)20)9-19-11-2-3-13-14(8-11)18-6-5-17-13/h1-8,19-20H,9H2.